The fourth-order valence-electron chi connectivity index (χ4n) is 4.89. The number of ether oxygens (including phenoxy) is 1. The van der Waals surface area contributed by atoms with Gasteiger partial charge in [0.25, 0.3) is 5.91 Å². The van der Waals surface area contributed by atoms with E-state index in [1.807, 2.05) is 52.7 Å². The summed E-state index contributed by atoms with van der Waals surface area (Å²) in [7, 11) is 0. The summed E-state index contributed by atoms with van der Waals surface area (Å²) < 4.78 is 19.9. The molecule has 2 amide bonds. The van der Waals surface area contributed by atoms with Gasteiger partial charge in [-0.05, 0) is 34.7 Å². The fraction of sp³-hybridized carbons (Fsp3) is 0.308. The molecule has 0 saturated carbocycles. The average Bonchev–Trinajstić information content (AvgIpc) is 3.43. The summed E-state index contributed by atoms with van der Waals surface area (Å²) in [6, 6.07) is 20.0. The lowest BCUT2D eigenvalue weighted by Gasteiger charge is -2.42. The lowest BCUT2D eigenvalue weighted by atomic mass is 9.83. The number of hydrogen-bond acceptors (Lipinski definition) is 4. The van der Waals surface area contributed by atoms with Gasteiger partial charge in [-0.15, -0.1) is 11.3 Å². The summed E-state index contributed by atoms with van der Waals surface area (Å²) in [4.78, 5) is 31.6. The number of carbonyl (C=O) groups excluding carboxylic acids is 2. The molecule has 2 aromatic carbocycles. The maximum atomic E-state index is 13.8. The predicted molar refractivity (Wildman–Crippen MR) is 124 cm³/mol. The molecule has 1 spiro atoms. The van der Waals surface area contributed by atoms with E-state index in [9.17, 15) is 14.0 Å². The molecule has 2 fully saturated rings. The Bertz CT molecular complexity index is 1140. The highest BCUT2D eigenvalue weighted by atomic mass is 32.1. The summed E-state index contributed by atoms with van der Waals surface area (Å²) in [5, 5.41) is 2.00. The van der Waals surface area contributed by atoms with Crippen LogP contribution in [0.5, 0.6) is 0 Å². The van der Waals surface area contributed by atoms with Crippen LogP contribution in [0.4, 0.5) is 4.39 Å². The highest BCUT2D eigenvalue weighted by molar-refractivity contribution is 7.09. The van der Waals surface area contributed by atoms with Crippen molar-refractivity contribution in [2.24, 2.45) is 0 Å². The van der Waals surface area contributed by atoms with Crippen molar-refractivity contribution >= 4 is 23.2 Å². The average molecular weight is 465 g/mol. The third kappa shape index (κ3) is 4.30. The first kappa shape index (κ1) is 21.8. The van der Waals surface area contributed by atoms with Crippen LogP contribution in [0.1, 0.15) is 21.9 Å². The minimum absolute atomic E-state index is 0.0759. The molecule has 2 atom stereocenters. The van der Waals surface area contributed by atoms with Crippen LogP contribution in [-0.4, -0.2) is 53.5 Å². The third-order valence-electron chi connectivity index (χ3n) is 6.49. The van der Waals surface area contributed by atoms with E-state index in [0.29, 0.717) is 25.2 Å². The molecule has 2 unspecified atom stereocenters. The summed E-state index contributed by atoms with van der Waals surface area (Å²) in [6.07, 6.45) is 0.0942. The van der Waals surface area contributed by atoms with Gasteiger partial charge in [0, 0.05) is 23.9 Å². The van der Waals surface area contributed by atoms with Gasteiger partial charge in [-0.3, -0.25) is 9.59 Å². The Balaban J connectivity index is 1.42. The molecule has 3 aromatic rings. The van der Waals surface area contributed by atoms with Crippen molar-refractivity contribution in [3.63, 3.8) is 0 Å². The molecule has 2 saturated heterocycles. The Labute approximate surface area is 196 Å². The van der Waals surface area contributed by atoms with E-state index < -0.39 is 5.60 Å². The quantitative estimate of drug-likeness (QED) is 0.576. The fourth-order valence-corrected chi connectivity index (χ4v) is 5.61. The Morgan fingerprint density at radius 1 is 1.12 bits per heavy atom. The molecule has 170 valence electrons. The number of halogens is 1. The van der Waals surface area contributed by atoms with Gasteiger partial charge in [-0.1, -0.05) is 48.5 Å². The Morgan fingerprint density at radius 2 is 1.97 bits per heavy atom. The highest BCUT2D eigenvalue weighted by Gasteiger charge is 2.58. The third-order valence-corrected chi connectivity index (χ3v) is 7.35. The smallest absolute Gasteiger partial charge is 0.257 e. The molecule has 3 heterocycles. The van der Waals surface area contributed by atoms with E-state index >= 15 is 0 Å². The molecule has 0 aliphatic carbocycles. The molecule has 7 heteroatoms. The van der Waals surface area contributed by atoms with E-state index in [-0.39, 0.29) is 43.1 Å². The first-order chi connectivity index (χ1) is 16.0. The normalized spacial score (nSPS) is 22.8. The minimum Gasteiger partial charge on any atom is -0.361 e. The zero-order valence-corrected chi connectivity index (χ0v) is 19.0. The van der Waals surface area contributed by atoms with Gasteiger partial charge >= 0.3 is 0 Å². The van der Waals surface area contributed by atoms with Gasteiger partial charge < -0.3 is 14.5 Å². The molecule has 1 aromatic heterocycles. The van der Waals surface area contributed by atoms with Gasteiger partial charge in [0.15, 0.2) is 5.60 Å². The number of nitrogens with zero attached hydrogens (tertiary/aromatic N) is 2. The van der Waals surface area contributed by atoms with Crippen LogP contribution in [0, 0.1) is 5.82 Å². The van der Waals surface area contributed by atoms with Crippen molar-refractivity contribution in [3.8, 4) is 0 Å². The van der Waals surface area contributed by atoms with Crippen molar-refractivity contribution in [2.45, 2.75) is 24.5 Å². The molecule has 0 radical (unpaired) electrons. The van der Waals surface area contributed by atoms with Gasteiger partial charge in [-0.2, -0.15) is 0 Å². The van der Waals surface area contributed by atoms with Crippen molar-refractivity contribution < 1.29 is 18.7 Å². The molecule has 33 heavy (non-hydrogen) atoms. The number of likely N-dealkylation sites (tertiary alicyclic amines) is 1. The van der Waals surface area contributed by atoms with E-state index in [2.05, 4.69) is 0 Å². The zero-order chi connectivity index (χ0) is 22.8. The van der Waals surface area contributed by atoms with E-state index in [1.54, 1.807) is 28.4 Å². The zero-order valence-electron chi connectivity index (χ0n) is 18.2. The summed E-state index contributed by atoms with van der Waals surface area (Å²) in [5.74, 6) is -0.749. The van der Waals surface area contributed by atoms with Crippen LogP contribution < -0.4 is 0 Å². The molecule has 5 nitrogen and oxygen atoms in total. The second-order valence-electron chi connectivity index (χ2n) is 8.59. The number of carbonyl (C=O) groups is 2. The maximum Gasteiger partial charge on any atom is 0.257 e. The van der Waals surface area contributed by atoms with Crippen LogP contribution in [-0.2, 0) is 27.3 Å². The molecule has 2 aliphatic rings. The number of thiophene rings is 1. The first-order valence-electron chi connectivity index (χ1n) is 11.1. The number of benzene rings is 2. The predicted octanol–water partition coefficient (Wildman–Crippen LogP) is 3.85. The summed E-state index contributed by atoms with van der Waals surface area (Å²) in [6.45, 7) is 1.96. The molecule has 2 aliphatic heterocycles. The van der Waals surface area contributed by atoms with Crippen LogP contribution >= 0.6 is 11.3 Å². The number of morpholine rings is 1. The Kier molecular flexibility index (Phi) is 6.00. The lowest BCUT2D eigenvalue weighted by molar-refractivity contribution is -0.167. The molecular weight excluding hydrogens is 439 g/mol. The first-order valence-corrected chi connectivity index (χ1v) is 12.0. The van der Waals surface area contributed by atoms with Gasteiger partial charge in [-0.25, -0.2) is 4.39 Å². The van der Waals surface area contributed by atoms with Crippen LogP contribution in [0.15, 0.2) is 72.1 Å². The molecule has 0 bridgehead atoms. The number of hydrogen-bond donors (Lipinski definition) is 0. The Hall–Kier alpha value is -3.03. The number of rotatable bonds is 5. The largest absolute Gasteiger partial charge is 0.361 e. The van der Waals surface area contributed by atoms with Crippen molar-refractivity contribution in [2.75, 3.05) is 26.2 Å². The summed E-state index contributed by atoms with van der Waals surface area (Å²) in [5.41, 5.74) is 0.533. The van der Waals surface area contributed by atoms with Crippen molar-refractivity contribution in [3.05, 3.63) is 93.9 Å². The molecular formula is C26H25FN2O3S. The topological polar surface area (TPSA) is 49.9 Å². The molecule has 0 N–H and O–H groups in total. The van der Waals surface area contributed by atoms with Gasteiger partial charge in [0.2, 0.25) is 5.91 Å². The van der Waals surface area contributed by atoms with E-state index in [0.717, 1.165) is 10.4 Å². The highest BCUT2D eigenvalue weighted by Crippen LogP contribution is 2.42. The summed E-state index contributed by atoms with van der Waals surface area (Å²) >= 11 is 1.62. The second kappa shape index (κ2) is 9.08. The SMILES string of the molecule is O=C(Cc1cccc(F)c1)N1CCOC2(C1)C(=O)N(Cc1cccs1)CC2c1ccccc1. The van der Waals surface area contributed by atoms with Crippen LogP contribution in [0.25, 0.3) is 0 Å². The van der Waals surface area contributed by atoms with E-state index in [1.165, 1.54) is 12.1 Å². The van der Waals surface area contributed by atoms with Gasteiger partial charge in [0.1, 0.15) is 5.82 Å². The number of amides is 2. The van der Waals surface area contributed by atoms with Crippen LogP contribution in [0.2, 0.25) is 0 Å². The Morgan fingerprint density at radius 3 is 2.73 bits per heavy atom. The van der Waals surface area contributed by atoms with Crippen molar-refractivity contribution in [1.82, 2.24) is 9.80 Å². The minimum atomic E-state index is -1.12. The lowest BCUT2D eigenvalue weighted by Crippen LogP contribution is -2.59. The van der Waals surface area contributed by atoms with Gasteiger partial charge in [0.05, 0.1) is 26.1 Å². The van der Waals surface area contributed by atoms with Crippen molar-refractivity contribution in [1.29, 1.82) is 0 Å². The van der Waals surface area contributed by atoms with E-state index in [4.69, 9.17) is 4.74 Å². The maximum absolute atomic E-state index is 13.8. The van der Waals surface area contributed by atoms with Crippen LogP contribution in [0.3, 0.4) is 0 Å². The monoisotopic (exact) mass is 464 g/mol. The molecule has 5 rings (SSSR count). The standard InChI is InChI=1S/C26H25FN2O3S/c27-21-9-4-6-19(14-21)15-24(30)28-11-12-32-26(18-28)23(20-7-2-1-3-8-20)17-29(25(26)31)16-22-10-5-13-33-22/h1-10,13-14,23H,11-12,15-18H2. The second-order valence-corrected chi connectivity index (χ2v) is 9.62.